The van der Waals surface area contributed by atoms with Crippen LogP contribution in [0.15, 0.2) is 17.5 Å². The van der Waals surface area contributed by atoms with E-state index >= 15 is 0 Å². The van der Waals surface area contributed by atoms with Gasteiger partial charge >= 0.3 is 0 Å². The Balaban J connectivity index is 1.79. The summed E-state index contributed by atoms with van der Waals surface area (Å²) in [6.45, 7) is 0.902. The quantitative estimate of drug-likeness (QED) is 0.803. The van der Waals surface area contributed by atoms with Crippen LogP contribution < -0.4 is 5.32 Å². The summed E-state index contributed by atoms with van der Waals surface area (Å²) in [6, 6.07) is 4.51. The van der Waals surface area contributed by atoms with Gasteiger partial charge in [0.1, 0.15) is 0 Å². The molecular weight excluding hydrogens is 194 g/mol. The van der Waals surface area contributed by atoms with Gasteiger partial charge in [0.25, 0.3) is 0 Å². The molecule has 2 unspecified atom stereocenters. The van der Waals surface area contributed by atoms with Crippen molar-refractivity contribution in [1.82, 2.24) is 5.32 Å². The van der Waals surface area contributed by atoms with Crippen molar-refractivity contribution in [1.29, 1.82) is 0 Å². The molecule has 1 aromatic rings. The second-order valence-electron chi connectivity index (χ2n) is 3.92. The molecule has 1 fully saturated rings. The van der Waals surface area contributed by atoms with E-state index in [1.165, 1.54) is 17.7 Å². The van der Waals surface area contributed by atoms with Crippen molar-refractivity contribution >= 4 is 11.3 Å². The highest BCUT2D eigenvalue weighted by atomic mass is 32.1. The molecule has 2 N–H and O–H groups in total. The molecule has 0 amide bonds. The predicted octanol–water partition coefficient (Wildman–Crippen LogP) is 2.14. The van der Waals surface area contributed by atoms with Gasteiger partial charge in [-0.25, -0.2) is 0 Å². The molecule has 1 heterocycles. The minimum absolute atomic E-state index is 0.135. The SMILES string of the molecule is OC1CCCCC1NCc1cccs1. The molecule has 2 atom stereocenters. The molecule has 1 aromatic heterocycles. The fraction of sp³-hybridized carbons (Fsp3) is 0.636. The number of aliphatic hydroxyl groups excluding tert-OH is 1. The lowest BCUT2D eigenvalue weighted by Crippen LogP contribution is -2.41. The summed E-state index contributed by atoms with van der Waals surface area (Å²) in [4.78, 5) is 1.35. The third-order valence-electron chi connectivity index (χ3n) is 2.85. The largest absolute Gasteiger partial charge is 0.392 e. The van der Waals surface area contributed by atoms with Crippen molar-refractivity contribution in [3.05, 3.63) is 22.4 Å². The number of thiophene rings is 1. The van der Waals surface area contributed by atoms with Crippen molar-refractivity contribution in [3.8, 4) is 0 Å². The Hall–Kier alpha value is -0.380. The van der Waals surface area contributed by atoms with E-state index in [2.05, 4.69) is 22.8 Å². The van der Waals surface area contributed by atoms with Gasteiger partial charge in [-0.1, -0.05) is 18.9 Å². The van der Waals surface area contributed by atoms with Crippen molar-refractivity contribution in [2.45, 2.75) is 44.4 Å². The van der Waals surface area contributed by atoms with Gasteiger partial charge in [-0.15, -0.1) is 11.3 Å². The molecule has 1 aliphatic rings. The second-order valence-corrected chi connectivity index (χ2v) is 4.95. The Bertz CT molecular complexity index is 260. The molecular formula is C11H17NOS. The highest BCUT2D eigenvalue weighted by Crippen LogP contribution is 2.19. The van der Waals surface area contributed by atoms with Gasteiger partial charge in [0.05, 0.1) is 6.10 Å². The van der Waals surface area contributed by atoms with Crippen LogP contribution in [0.4, 0.5) is 0 Å². The van der Waals surface area contributed by atoms with Gasteiger partial charge in [0, 0.05) is 17.5 Å². The molecule has 1 saturated carbocycles. The zero-order chi connectivity index (χ0) is 9.80. The normalized spacial score (nSPS) is 27.8. The van der Waals surface area contributed by atoms with E-state index in [-0.39, 0.29) is 6.10 Å². The van der Waals surface area contributed by atoms with Gasteiger partial charge in [-0.3, -0.25) is 0 Å². The predicted molar refractivity (Wildman–Crippen MR) is 59.4 cm³/mol. The molecule has 14 heavy (non-hydrogen) atoms. The van der Waals surface area contributed by atoms with Gasteiger partial charge < -0.3 is 10.4 Å². The van der Waals surface area contributed by atoms with E-state index < -0.39 is 0 Å². The fourth-order valence-electron chi connectivity index (χ4n) is 1.99. The lowest BCUT2D eigenvalue weighted by molar-refractivity contribution is 0.0904. The molecule has 0 aliphatic heterocycles. The molecule has 3 heteroatoms. The summed E-state index contributed by atoms with van der Waals surface area (Å²) in [5.74, 6) is 0. The minimum Gasteiger partial charge on any atom is -0.392 e. The molecule has 0 aromatic carbocycles. The monoisotopic (exact) mass is 211 g/mol. The maximum Gasteiger partial charge on any atom is 0.0693 e. The summed E-state index contributed by atoms with van der Waals surface area (Å²) in [7, 11) is 0. The van der Waals surface area contributed by atoms with Gasteiger partial charge in [0.15, 0.2) is 0 Å². The second kappa shape index (κ2) is 4.91. The summed E-state index contributed by atoms with van der Waals surface area (Å²) in [5.41, 5.74) is 0. The van der Waals surface area contributed by atoms with Crippen molar-refractivity contribution in [3.63, 3.8) is 0 Å². The summed E-state index contributed by atoms with van der Waals surface area (Å²) >= 11 is 1.77. The number of hydrogen-bond acceptors (Lipinski definition) is 3. The molecule has 0 saturated heterocycles. The Morgan fingerprint density at radius 3 is 3.00 bits per heavy atom. The van der Waals surface area contributed by atoms with Crippen LogP contribution in [-0.2, 0) is 6.54 Å². The number of aliphatic hydroxyl groups is 1. The van der Waals surface area contributed by atoms with Crippen LogP contribution in [0.1, 0.15) is 30.6 Å². The highest BCUT2D eigenvalue weighted by molar-refractivity contribution is 7.09. The maximum atomic E-state index is 9.74. The third kappa shape index (κ3) is 2.56. The Kier molecular flexibility index (Phi) is 3.56. The maximum absolute atomic E-state index is 9.74. The average Bonchev–Trinajstić information content (AvgIpc) is 2.69. The Morgan fingerprint density at radius 2 is 2.29 bits per heavy atom. The lowest BCUT2D eigenvalue weighted by atomic mass is 9.92. The molecule has 0 spiro atoms. The van der Waals surface area contributed by atoms with Crippen LogP contribution in [0.2, 0.25) is 0 Å². The van der Waals surface area contributed by atoms with Crippen molar-refractivity contribution in [2.24, 2.45) is 0 Å². The van der Waals surface area contributed by atoms with Crippen molar-refractivity contribution in [2.75, 3.05) is 0 Å². The molecule has 78 valence electrons. The minimum atomic E-state index is -0.135. The number of nitrogens with one attached hydrogen (secondary N) is 1. The standard InChI is InChI=1S/C11H17NOS/c13-11-6-2-1-5-10(11)12-8-9-4-3-7-14-9/h3-4,7,10-13H,1-2,5-6,8H2. The highest BCUT2D eigenvalue weighted by Gasteiger charge is 2.21. The smallest absolute Gasteiger partial charge is 0.0693 e. The van der Waals surface area contributed by atoms with E-state index in [1.807, 2.05) is 0 Å². The summed E-state index contributed by atoms with van der Waals surface area (Å²) in [5, 5.41) is 15.3. The first-order valence-corrected chi connectivity index (χ1v) is 6.18. The van der Waals surface area contributed by atoms with Crippen LogP contribution in [-0.4, -0.2) is 17.3 Å². The Morgan fingerprint density at radius 1 is 1.43 bits per heavy atom. The Labute approximate surface area is 89.0 Å². The summed E-state index contributed by atoms with van der Waals surface area (Å²) in [6.07, 6.45) is 4.37. The van der Waals surface area contributed by atoms with Gasteiger partial charge in [-0.05, 0) is 24.3 Å². The average molecular weight is 211 g/mol. The molecule has 1 aliphatic carbocycles. The van der Waals surface area contributed by atoms with Crippen LogP contribution in [0.25, 0.3) is 0 Å². The zero-order valence-corrected chi connectivity index (χ0v) is 9.09. The van der Waals surface area contributed by atoms with Gasteiger partial charge in [0.2, 0.25) is 0 Å². The lowest BCUT2D eigenvalue weighted by Gasteiger charge is -2.28. The van der Waals surface area contributed by atoms with E-state index in [1.54, 1.807) is 11.3 Å². The van der Waals surface area contributed by atoms with Crippen LogP contribution >= 0.6 is 11.3 Å². The fourth-order valence-corrected chi connectivity index (χ4v) is 2.65. The number of rotatable bonds is 3. The van der Waals surface area contributed by atoms with E-state index in [0.717, 1.165) is 19.4 Å². The first kappa shape index (κ1) is 10.1. The molecule has 2 rings (SSSR count). The van der Waals surface area contributed by atoms with E-state index in [9.17, 15) is 5.11 Å². The van der Waals surface area contributed by atoms with Gasteiger partial charge in [-0.2, -0.15) is 0 Å². The first-order chi connectivity index (χ1) is 6.86. The summed E-state index contributed by atoms with van der Waals surface area (Å²) < 4.78 is 0. The topological polar surface area (TPSA) is 32.3 Å². The van der Waals surface area contributed by atoms with Crippen LogP contribution in [0.3, 0.4) is 0 Å². The third-order valence-corrected chi connectivity index (χ3v) is 3.72. The van der Waals surface area contributed by atoms with Crippen molar-refractivity contribution < 1.29 is 5.11 Å². The molecule has 2 nitrogen and oxygen atoms in total. The van der Waals surface area contributed by atoms with Crippen LogP contribution in [0, 0.1) is 0 Å². The number of hydrogen-bond donors (Lipinski definition) is 2. The van der Waals surface area contributed by atoms with E-state index in [0.29, 0.717) is 6.04 Å². The van der Waals surface area contributed by atoms with E-state index in [4.69, 9.17) is 0 Å². The zero-order valence-electron chi connectivity index (χ0n) is 8.28. The first-order valence-electron chi connectivity index (χ1n) is 5.30. The molecule has 0 bridgehead atoms. The molecule has 0 radical (unpaired) electrons. The van der Waals surface area contributed by atoms with Crippen LogP contribution in [0.5, 0.6) is 0 Å².